The lowest BCUT2D eigenvalue weighted by Crippen LogP contribution is -2.27. The molecule has 0 saturated carbocycles. The van der Waals surface area contributed by atoms with Gasteiger partial charge < -0.3 is 20.7 Å². The molecule has 3 N–H and O–H groups in total. The van der Waals surface area contributed by atoms with Gasteiger partial charge in [0.1, 0.15) is 0 Å². The van der Waals surface area contributed by atoms with Gasteiger partial charge in [0.25, 0.3) is 0 Å². The lowest BCUT2D eigenvalue weighted by Gasteiger charge is -2.15. The number of carbonyl (C=O) groups excluding carboxylic acids is 1. The van der Waals surface area contributed by atoms with E-state index >= 15 is 0 Å². The van der Waals surface area contributed by atoms with Gasteiger partial charge in [-0.1, -0.05) is 0 Å². The van der Waals surface area contributed by atoms with Crippen molar-refractivity contribution in [2.75, 3.05) is 44.9 Å². The fourth-order valence-electron chi connectivity index (χ4n) is 1.44. The van der Waals surface area contributed by atoms with Gasteiger partial charge in [-0.05, 0) is 31.3 Å². The molecule has 0 atom stereocenters. The number of nitrogens with zero attached hydrogens (tertiary/aromatic N) is 1. The van der Waals surface area contributed by atoms with E-state index in [0.29, 0.717) is 25.3 Å². The van der Waals surface area contributed by atoms with Crippen LogP contribution in [0.25, 0.3) is 0 Å². The number of likely N-dealkylation sites (N-methyl/N-ethyl adjacent to an activating group) is 1. The number of rotatable bonds is 7. The normalized spacial score (nSPS) is 10.6. The summed E-state index contributed by atoms with van der Waals surface area (Å²) >= 11 is 0. The number of anilines is 2. The van der Waals surface area contributed by atoms with Crippen LogP contribution in [0.2, 0.25) is 0 Å². The molecule has 1 rings (SSSR count). The van der Waals surface area contributed by atoms with Crippen molar-refractivity contribution in [3.63, 3.8) is 0 Å². The first-order valence-electron chi connectivity index (χ1n) is 5.94. The van der Waals surface area contributed by atoms with Crippen molar-refractivity contribution in [2.24, 2.45) is 0 Å². The predicted molar refractivity (Wildman–Crippen MR) is 73.5 cm³/mol. The molecule has 1 aromatic carbocycles. The highest BCUT2D eigenvalue weighted by molar-refractivity contribution is 5.90. The van der Waals surface area contributed by atoms with Crippen LogP contribution in [0, 0.1) is 0 Å². The van der Waals surface area contributed by atoms with Crippen molar-refractivity contribution >= 4 is 17.3 Å². The molecule has 0 unspecified atom stereocenters. The third-order valence-corrected chi connectivity index (χ3v) is 2.59. The minimum Gasteiger partial charge on any atom is -0.399 e. The van der Waals surface area contributed by atoms with Gasteiger partial charge in [-0.3, -0.25) is 4.79 Å². The minimum absolute atomic E-state index is 0.00374. The van der Waals surface area contributed by atoms with Gasteiger partial charge in [0.2, 0.25) is 5.91 Å². The number of benzene rings is 1. The van der Waals surface area contributed by atoms with E-state index in [1.54, 1.807) is 31.4 Å². The molecule has 0 heterocycles. The third-order valence-electron chi connectivity index (χ3n) is 2.59. The number of nitrogens with two attached hydrogens (primary N) is 1. The van der Waals surface area contributed by atoms with Crippen molar-refractivity contribution < 1.29 is 9.53 Å². The number of amides is 1. The van der Waals surface area contributed by atoms with E-state index < -0.39 is 0 Å². The van der Waals surface area contributed by atoms with E-state index in [1.807, 2.05) is 7.05 Å². The molecule has 18 heavy (non-hydrogen) atoms. The van der Waals surface area contributed by atoms with Gasteiger partial charge in [0.05, 0.1) is 6.61 Å². The average Bonchev–Trinajstić information content (AvgIpc) is 2.36. The molecule has 0 fully saturated rings. The van der Waals surface area contributed by atoms with Crippen LogP contribution in [0.1, 0.15) is 6.42 Å². The Balaban J connectivity index is 2.27. The van der Waals surface area contributed by atoms with Crippen LogP contribution >= 0.6 is 0 Å². The molecule has 100 valence electrons. The summed E-state index contributed by atoms with van der Waals surface area (Å²) in [4.78, 5) is 13.7. The maximum absolute atomic E-state index is 11.7. The number of hydrogen-bond donors (Lipinski definition) is 2. The third kappa shape index (κ3) is 5.65. The fourth-order valence-corrected chi connectivity index (χ4v) is 1.44. The van der Waals surface area contributed by atoms with Crippen LogP contribution in [0.4, 0.5) is 11.4 Å². The van der Waals surface area contributed by atoms with Gasteiger partial charge in [0.15, 0.2) is 0 Å². The molecular formula is C13H21N3O2. The molecule has 5 nitrogen and oxygen atoms in total. The Kier molecular flexibility index (Phi) is 6.18. The largest absolute Gasteiger partial charge is 0.399 e. The quantitative estimate of drug-likeness (QED) is 0.714. The van der Waals surface area contributed by atoms with Gasteiger partial charge in [-0.15, -0.1) is 0 Å². The molecule has 5 heteroatoms. The molecule has 0 aliphatic heterocycles. The highest BCUT2D eigenvalue weighted by Gasteiger charge is 2.04. The fraction of sp³-hybridized carbons (Fsp3) is 0.462. The summed E-state index contributed by atoms with van der Waals surface area (Å²) in [5.41, 5.74) is 7.03. The molecule has 1 aromatic rings. The maximum Gasteiger partial charge on any atom is 0.225 e. The van der Waals surface area contributed by atoms with Crippen LogP contribution in [0.15, 0.2) is 24.3 Å². The highest BCUT2D eigenvalue weighted by atomic mass is 16.5. The number of hydrogen-bond acceptors (Lipinski definition) is 4. The van der Waals surface area contributed by atoms with E-state index in [4.69, 9.17) is 10.5 Å². The van der Waals surface area contributed by atoms with Gasteiger partial charge >= 0.3 is 0 Å². The molecule has 0 bridgehead atoms. The molecule has 1 amide bonds. The summed E-state index contributed by atoms with van der Waals surface area (Å²) in [5, 5.41) is 2.83. The van der Waals surface area contributed by atoms with Crippen molar-refractivity contribution in [1.29, 1.82) is 0 Å². The Hall–Kier alpha value is -1.59. The van der Waals surface area contributed by atoms with E-state index in [9.17, 15) is 4.79 Å². The van der Waals surface area contributed by atoms with E-state index in [1.165, 1.54) is 0 Å². The Morgan fingerprint density at radius 2 is 2.00 bits per heavy atom. The monoisotopic (exact) mass is 251 g/mol. The summed E-state index contributed by atoms with van der Waals surface area (Å²) in [5.74, 6) is 0.00374. The Labute approximate surface area is 108 Å². The van der Waals surface area contributed by atoms with Crippen molar-refractivity contribution in [1.82, 2.24) is 4.90 Å². The molecule has 0 aliphatic carbocycles. The maximum atomic E-state index is 11.7. The Morgan fingerprint density at radius 1 is 1.33 bits per heavy atom. The number of methoxy groups -OCH3 is 1. The topological polar surface area (TPSA) is 67.6 Å². The van der Waals surface area contributed by atoms with E-state index in [2.05, 4.69) is 10.2 Å². The van der Waals surface area contributed by atoms with Gasteiger partial charge in [-0.2, -0.15) is 0 Å². The van der Waals surface area contributed by atoms with Crippen LogP contribution in [-0.2, 0) is 9.53 Å². The summed E-state index contributed by atoms with van der Waals surface area (Å²) in [6.45, 7) is 2.21. The molecule has 0 spiro atoms. The number of carbonyl (C=O) groups is 1. The SMILES string of the molecule is COCCN(C)CCC(=O)Nc1ccc(N)cc1. The zero-order chi connectivity index (χ0) is 13.4. The minimum atomic E-state index is 0.00374. The summed E-state index contributed by atoms with van der Waals surface area (Å²) in [6.07, 6.45) is 0.463. The zero-order valence-corrected chi connectivity index (χ0v) is 11.0. The number of nitrogens with one attached hydrogen (secondary N) is 1. The van der Waals surface area contributed by atoms with Crippen LogP contribution < -0.4 is 11.1 Å². The zero-order valence-electron chi connectivity index (χ0n) is 11.0. The van der Waals surface area contributed by atoms with Crippen LogP contribution in [0.5, 0.6) is 0 Å². The second kappa shape index (κ2) is 7.68. The smallest absolute Gasteiger partial charge is 0.225 e. The molecule has 0 radical (unpaired) electrons. The average molecular weight is 251 g/mol. The second-order valence-corrected chi connectivity index (χ2v) is 4.22. The second-order valence-electron chi connectivity index (χ2n) is 4.22. The Bertz CT molecular complexity index is 365. The van der Waals surface area contributed by atoms with Gasteiger partial charge in [0, 0.05) is 38.0 Å². The molecule has 0 aliphatic rings. The first-order valence-corrected chi connectivity index (χ1v) is 5.94. The number of ether oxygens (including phenoxy) is 1. The van der Waals surface area contributed by atoms with Crippen molar-refractivity contribution in [3.05, 3.63) is 24.3 Å². The van der Waals surface area contributed by atoms with Crippen molar-refractivity contribution in [3.8, 4) is 0 Å². The first kappa shape index (κ1) is 14.5. The number of nitrogen functional groups attached to an aromatic ring is 1. The van der Waals surface area contributed by atoms with Crippen molar-refractivity contribution in [2.45, 2.75) is 6.42 Å². The predicted octanol–water partition coefficient (Wildman–Crippen LogP) is 1.18. The molecule has 0 aromatic heterocycles. The summed E-state index contributed by atoms with van der Waals surface area (Å²) in [6, 6.07) is 7.12. The van der Waals surface area contributed by atoms with Crippen LogP contribution in [-0.4, -0.2) is 44.7 Å². The lowest BCUT2D eigenvalue weighted by molar-refractivity contribution is -0.116. The molecular weight excluding hydrogens is 230 g/mol. The lowest BCUT2D eigenvalue weighted by atomic mass is 10.2. The summed E-state index contributed by atoms with van der Waals surface area (Å²) in [7, 11) is 3.64. The van der Waals surface area contributed by atoms with Gasteiger partial charge in [-0.25, -0.2) is 0 Å². The standard InChI is InChI=1S/C13H21N3O2/c1-16(9-10-18-2)8-7-13(17)15-12-5-3-11(14)4-6-12/h3-6H,7-10,14H2,1-2H3,(H,15,17). The Morgan fingerprint density at radius 3 is 2.61 bits per heavy atom. The van der Waals surface area contributed by atoms with E-state index in [0.717, 1.165) is 12.2 Å². The first-order chi connectivity index (χ1) is 8.61. The van der Waals surface area contributed by atoms with Crippen LogP contribution in [0.3, 0.4) is 0 Å². The highest BCUT2D eigenvalue weighted by Crippen LogP contribution is 2.10. The van der Waals surface area contributed by atoms with E-state index in [-0.39, 0.29) is 5.91 Å². The molecule has 0 saturated heterocycles. The summed E-state index contributed by atoms with van der Waals surface area (Å²) < 4.78 is 4.97.